The number of hydrogen-bond donors (Lipinski definition) is 0. The highest BCUT2D eigenvalue weighted by atomic mass is 79.9. The lowest BCUT2D eigenvalue weighted by Crippen LogP contribution is -1.91. The van der Waals surface area contributed by atoms with Gasteiger partial charge in [-0.2, -0.15) is 5.26 Å². The topological polar surface area (TPSA) is 23.8 Å². The Kier molecular flexibility index (Phi) is 4.50. The molecule has 0 radical (unpaired) electrons. The van der Waals surface area contributed by atoms with E-state index in [9.17, 15) is 0 Å². The predicted octanol–water partition coefficient (Wildman–Crippen LogP) is 4.07. The van der Waals surface area contributed by atoms with E-state index in [2.05, 4.69) is 35.8 Å². The molecular weight excluding hydrogens is 258 g/mol. The molecule has 0 aliphatic carbocycles. The van der Waals surface area contributed by atoms with Gasteiger partial charge in [-0.05, 0) is 24.1 Å². The van der Waals surface area contributed by atoms with Crippen LogP contribution in [-0.2, 0) is 0 Å². The van der Waals surface area contributed by atoms with Crippen molar-refractivity contribution in [3.63, 3.8) is 0 Å². The SMILES string of the molecule is CC(C)CSc1ccc(Br)cc1C#N. The summed E-state index contributed by atoms with van der Waals surface area (Å²) in [5, 5.41) is 8.92. The molecule has 0 saturated heterocycles. The van der Waals surface area contributed by atoms with Crippen molar-refractivity contribution in [3.05, 3.63) is 28.2 Å². The Morgan fingerprint density at radius 3 is 2.79 bits per heavy atom. The van der Waals surface area contributed by atoms with Crippen LogP contribution in [0.15, 0.2) is 27.6 Å². The maximum atomic E-state index is 8.92. The van der Waals surface area contributed by atoms with Gasteiger partial charge in [-0.25, -0.2) is 0 Å². The van der Waals surface area contributed by atoms with Crippen LogP contribution in [0.25, 0.3) is 0 Å². The Balaban J connectivity index is 2.82. The highest BCUT2D eigenvalue weighted by Crippen LogP contribution is 2.26. The first kappa shape index (κ1) is 11.6. The fourth-order valence-electron chi connectivity index (χ4n) is 0.972. The zero-order valence-electron chi connectivity index (χ0n) is 8.25. The standard InChI is InChI=1S/C11H12BrNS/c1-8(2)7-14-11-4-3-10(12)5-9(11)6-13/h3-5,8H,7H2,1-2H3. The van der Waals surface area contributed by atoms with Gasteiger partial charge in [0.1, 0.15) is 6.07 Å². The molecule has 0 fully saturated rings. The van der Waals surface area contributed by atoms with E-state index in [0.29, 0.717) is 5.92 Å². The number of halogens is 1. The van der Waals surface area contributed by atoms with Gasteiger partial charge >= 0.3 is 0 Å². The van der Waals surface area contributed by atoms with E-state index >= 15 is 0 Å². The largest absolute Gasteiger partial charge is 0.192 e. The summed E-state index contributed by atoms with van der Waals surface area (Å²) in [5.41, 5.74) is 0.755. The van der Waals surface area contributed by atoms with Crippen LogP contribution in [0.2, 0.25) is 0 Å². The second-order valence-corrected chi connectivity index (χ2v) is 5.43. The summed E-state index contributed by atoms with van der Waals surface area (Å²) in [6.07, 6.45) is 0. The molecule has 0 spiro atoms. The normalized spacial score (nSPS) is 10.2. The molecule has 0 aromatic heterocycles. The molecule has 14 heavy (non-hydrogen) atoms. The highest BCUT2D eigenvalue weighted by Gasteiger charge is 2.04. The smallest absolute Gasteiger partial charge is 0.100 e. The van der Waals surface area contributed by atoms with E-state index in [1.54, 1.807) is 11.8 Å². The Morgan fingerprint density at radius 2 is 2.21 bits per heavy atom. The Hall–Kier alpha value is -0.460. The van der Waals surface area contributed by atoms with Gasteiger partial charge in [0.25, 0.3) is 0 Å². The lowest BCUT2D eigenvalue weighted by molar-refractivity contribution is 0.750. The minimum atomic E-state index is 0.648. The van der Waals surface area contributed by atoms with Crippen LogP contribution in [-0.4, -0.2) is 5.75 Å². The fourth-order valence-corrected chi connectivity index (χ4v) is 2.27. The molecule has 0 heterocycles. The molecule has 3 heteroatoms. The van der Waals surface area contributed by atoms with Crippen LogP contribution < -0.4 is 0 Å². The van der Waals surface area contributed by atoms with Crippen LogP contribution in [0.4, 0.5) is 0 Å². The second-order valence-electron chi connectivity index (χ2n) is 3.46. The molecule has 0 bridgehead atoms. The average Bonchev–Trinajstić information content (AvgIpc) is 2.15. The fraction of sp³-hybridized carbons (Fsp3) is 0.364. The Bertz CT molecular complexity index is 355. The molecule has 0 atom stereocenters. The minimum absolute atomic E-state index is 0.648. The van der Waals surface area contributed by atoms with Gasteiger partial charge in [-0.3, -0.25) is 0 Å². The van der Waals surface area contributed by atoms with Crippen LogP contribution in [0.1, 0.15) is 19.4 Å². The third kappa shape index (κ3) is 3.36. The van der Waals surface area contributed by atoms with Crippen molar-refractivity contribution in [2.24, 2.45) is 5.92 Å². The molecule has 74 valence electrons. The van der Waals surface area contributed by atoms with Gasteiger partial charge in [-0.1, -0.05) is 29.8 Å². The summed E-state index contributed by atoms with van der Waals surface area (Å²) in [7, 11) is 0. The van der Waals surface area contributed by atoms with Gasteiger partial charge in [0.05, 0.1) is 5.56 Å². The van der Waals surface area contributed by atoms with Crippen molar-refractivity contribution >= 4 is 27.7 Å². The Labute approximate surface area is 97.6 Å². The third-order valence-corrected chi connectivity index (χ3v) is 3.63. The molecule has 0 unspecified atom stereocenters. The number of rotatable bonds is 3. The molecule has 1 aromatic rings. The number of nitriles is 1. The first-order chi connectivity index (χ1) is 6.63. The van der Waals surface area contributed by atoms with E-state index in [0.717, 1.165) is 20.7 Å². The Morgan fingerprint density at radius 1 is 1.50 bits per heavy atom. The number of thioether (sulfide) groups is 1. The third-order valence-electron chi connectivity index (χ3n) is 1.63. The number of nitrogens with zero attached hydrogens (tertiary/aromatic N) is 1. The molecular formula is C11H12BrNS. The molecule has 0 amide bonds. The maximum Gasteiger partial charge on any atom is 0.100 e. The molecule has 0 aliphatic rings. The first-order valence-corrected chi connectivity index (χ1v) is 6.23. The quantitative estimate of drug-likeness (QED) is 0.773. The van der Waals surface area contributed by atoms with Crippen molar-refractivity contribution in [2.75, 3.05) is 5.75 Å². The lowest BCUT2D eigenvalue weighted by atomic mass is 10.2. The molecule has 1 aromatic carbocycles. The van der Waals surface area contributed by atoms with E-state index in [-0.39, 0.29) is 0 Å². The van der Waals surface area contributed by atoms with Gasteiger partial charge in [0.15, 0.2) is 0 Å². The van der Waals surface area contributed by atoms with Crippen molar-refractivity contribution in [1.29, 1.82) is 5.26 Å². The van der Waals surface area contributed by atoms with Crippen molar-refractivity contribution in [2.45, 2.75) is 18.7 Å². The summed E-state index contributed by atoms with van der Waals surface area (Å²) in [6.45, 7) is 4.36. The molecule has 0 aliphatic heterocycles. The zero-order chi connectivity index (χ0) is 10.6. The first-order valence-electron chi connectivity index (χ1n) is 4.46. The van der Waals surface area contributed by atoms with Gasteiger partial charge in [-0.15, -0.1) is 11.8 Å². The maximum absolute atomic E-state index is 8.92. The number of benzene rings is 1. The van der Waals surface area contributed by atoms with Crippen molar-refractivity contribution in [3.8, 4) is 6.07 Å². The van der Waals surface area contributed by atoms with Gasteiger partial charge < -0.3 is 0 Å². The van der Waals surface area contributed by atoms with E-state index in [4.69, 9.17) is 5.26 Å². The minimum Gasteiger partial charge on any atom is -0.192 e. The molecule has 0 saturated carbocycles. The molecule has 1 nitrogen and oxygen atoms in total. The second kappa shape index (κ2) is 5.43. The van der Waals surface area contributed by atoms with Crippen LogP contribution in [0.3, 0.4) is 0 Å². The summed E-state index contributed by atoms with van der Waals surface area (Å²) >= 11 is 5.10. The van der Waals surface area contributed by atoms with E-state index < -0.39 is 0 Å². The van der Waals surface area contributed by atoms with Crippen LogP contribution in [0.5, 0.6) is 0 Å². The van der Waals surface area contributed by atoms with E-state index in [1.807, 2.05) is 18.2 Å². The van der Waals surface area contributed by atoms with Gasteiger partial charge in [0, 0.05) is 15.1 Å². The monoisotopic (exact) mass is 269 g/mol. The van der Waals surface area contributed by atoms with Crippen molar-refractivity contribution in [1.82, 2.24) is 0 Å². The summed E-state index contributed by atoms with van der Waals surface area (Å²) in [4.78, 5) is 1.07. The van der Waals surface area contributed by atoms with E-state index in [1.165, 1.54) is 0 Å². The zero-order valence-corrected chi connectivity index (χ0v) is 10.7. The molecule has 1 rings (SSSR count). The van der Waals surface area contributed by atoms with Crippen LogP contribution in [0, 0.1) is 17.2 Å². The molecule has 0 N–H and O–H groups in total. The van der Waals surface area contributed by atoms with Crippen LogP contribution >= 0.6 is 27.7 Å². The van der Waals surface area contributed by atoms with Crippen molar-refractivity contribution < 1.29 is 0 Å². The average molecular weight is 270 g/mol. The predicted molar refractivity (Wildman–Crippen MR) is 64.4 cm³/mol. The summed E-state index contributed by atoms with van der Waals surface area (Å²) in [6, 6.07) is 8.04. The summed E-state index contributed by atoms with van der Waals surface area (Å²) in [5.74, 6) is 1.70. The number of hydrogen-bond acceptors (Lipinski definition) is 2. The summed E-state index contributed by atoms with van der Waals surface area (Å²) < 4.78 is 0.961. The highest BCUT2D eigenvalue weighted by molar-refractivity contribution is 9.10. The lowest BCUT2D eigenvalue weighted by Gasteiger charge is -2.06. The van der Waals surface area contributed by atoms with Gasteiger partial charge in [0.2, 0.25) is 0 Å².